The van der Waals surface area contributed by atoms with Crippen molar-refractivity contribution in [2.24, 2.45) is 5.92 Å². The third-order valence-electron chi connectivity index (χ3n) is 5.17. The van der Waals surface area contributed by atoms with Gasteiger partial charge in [0, 0.05) is 33.7 Å². The first kappa shape index (κ1) is 13.1. The Bertz CT molecular complexity index is 466. The summed E-state index contributed by atoms with van der Waals surface area (Å²) in [4.78, 5) is 2.39. The van der Waals surface area contributed by atoms with Crippen molar-refractivity contribution in [2.45, 2.75) is 24.5 Å². The van der Waals surface area contributed by atoms with Gasteiger partial charge < -0.3 is 14.4 Å². The van der Waals surface area contributed by atoms with Gasteiger partial charge >= 0.3 is 0 Å². The normalized spacial score (nSPS) is 32.9. The molecule has 0 bridgehead atoms. The minimum absolute atomic E-state index is 0.0149. The molecule has 19 heavy (non-hydrogen) atoms. The van der Waals surface area contributed by atoms with Crippen molar-refractivity contribution in [1.29, 1.82) is 0 Å². The summed E-state index contributed by atoms with van der Waals surface area (Å²) in [7, 11) is 5.73. The minimum atomic E-state index is -0.461. The van der Waals surface area contributed by atoms with Crippen LogP contribution in [0.15, 0.2) is 24.3 Å². The van der Waals surface area contributed by atoms with Crippen molar-refractivity contribution in [1.82, 2.24) is 4.90 Å². The van der Waals surface area contributed by atoms with Crippen LogP contribution in [0, 0.1) is 12.8 Å². The van der Waals surface area contributed by atoms with Gasteiger partial charge in [-0.2, -0.15) is 0 Å². The number of hydrogen-bond donors (Lipinski definition) is 0. The molecule has 2 unspecified atom stereocenters. The first-order valence-electron chi connectivity index (χ1n) is 6.94. The average Bonchev–Trinajstić information content (AvgIpc) is 2.67. The van der Waals surface area contributed by atoms with Crippen molar-refractivity contribution in [3.63, 3.8) is 0 Å². The molecule has 1 aromatic carbocycles. The van der Waals surface area contributed by atoms with Gasteiger partial charge in [-0.05, 0) is 25.5 Å². The zero-order valence-corrected chi connectivity index (χ0v) is 12.3. The number of likely N-dealkylation sites (N-methyl/N-ethyl adjacent to an activating group) is 1. The molecule has 3 nitrogen and oxygen atoms in total. The maximum atomic E-state index is 5.82. The Labute approximate surface area is 115 Å². The average molecular weight is 261 g/mol. The first-order valence-corrected chi connectivity index (χ1v) is 6.94. The monoisotopic (exact) mass is 261 g/mol. The van der Waals surface area contributed by atoms with Crippen LogP contribution >= 0.6 is 0 Å². The molecule has 1 aliphatic heterocycles. The number of benzene rings is 1. The Morgan fingerprint density at radius 1 is 1.16 bits per heavy atom. The van der Waals surface area contributed by atoms with Crippen LogP contribution in [-0.2, 0) is 14.9 Å². The molecule has 1 saturated heterocycles. The van der Waals surface area contributed by atoms with Crippen molar-refractivity contribution >= 4 is 0 Å². The van der Waals surface area contributed by atoms with Crippen LogP contribution in [0.5, 0.6) is 0 Å². The number of likely N-dealkylation sites (tertiary alicyclic amines) is 1. The Balaban J connectivity index is 2.08. The predicted molar refractivity (Wildman–Crippen MR) is 75.2 cm³/mol. The highest BCUT2D eigenvalue weighted by atomic mass is 16.7. The lowest BCUT2D eigenvalue weighted by molar-refractivity contribution is -0.314. The highest BCUT2D eigenvalue weighted by Crippen LogP contribution is 2.61. The zero-order valence-electron chi connectivity index (χ0n) is 12.3. The quantitative estimate of drug-likeness (QED) is 0.779. The lowest BCUT2D eigenvalue weighted by Crippen LogP contribution is -2.68. The van der Waals surface area contributed by atoms with E-state index in [4.69, 9.17) is 9.47 Å². The largest absolute Gasteiger partial charge is 0.352 e. The fourth-order valence-corrected chi connectivity index (χ4v) is 4.21. The molecule has 2 fully saturated rings. The third-order valence-corrected chi connectivity index (χ3v) is 5.17. The number of hydrogen-bond acceptors (Lipinski definition) is 3. The van der Waals surface area contributed by atoms with E-state index in [1.165, 1.54) is 11.1 Å². The van der Waals surface area contributed by atoms with E-state index in [-0.39, 0.29) is 5.41 Å². The number of nitrogens with zero attached hydrogens (tertiary/aromatic N) is 1. The molecule has 0 spiro atoms. The van der Waals surface area contributed by atoms with Crippen LogP contribution < -0.4 is 0 Å². The molecule has 1 aromatic rings. The van der Waals surface area contributed by atoms with Crippen molar-refractivity contribution in [3.8, 4) is 0 Å². The number of aryl methyl sites for hydroxylation is 1. The third kappa shape index (κ3) is 1.55. The summed E-state index contributed by atoms with van der Waals surface area (Å²) < 4.78 is 11.6. The van der Waals surface area contributed by atoms with Gasteiger partial charge in [0.25, 0.3) is 0 Å². The van der Waals surface area contributed by atoms with Gasteiger partial charge in [0.05, 0.1) is 5.41 Å². The molecule has 0 radical (unpaired) electrons. The minimum Gasteiger partial charge on any atom is -0.352 e. The summed E-state index contributed by atoms with van der Waals surface area (Å²) in [5.41, 5.74) is 2.63. The molecular formula is C16H23NO2. The summed E-state index contributed by atoms with van der Waals surface area (Å²) in [5.74, 6) is 0.164. The number of fused-ring (bicyclic) bond motifs is 1. The molecule has 1 saturated carbocycles. The van der Waals surface area contributed by atoms with Gasteiger partial charge in [0.15, 0.2) is 5.79 Å². The summed E-state index contributed by atoms with van der Waals surface area (Å²) in [6.07, 6.45) is 0.984. The zero-order chi connectivity index (χ0) is 13.7. The van der Waals surface area contributed by atoms with Crippen LogP contribution in [-0.4, -0.2) is 45.0 Å². The predicted octanol–water partition coefficient (Wildman–Crippen LogP) is 2.19. The molecule has 3 heteroatoms. The van der Waals surface area contributed by atoms with Gasteiger partial charge in [0.2, 0.25) is 0 Å². The lowest BCUT2D eigenvalue weighted by Gasteiger charge is -2.59. The van der Waals surface area contributed by atoms with Gasteiger partial charge in [-0.1, -0.05) is 29.8 Å². The fraction of sp³-hybridized carbons (Fsp3) is 0.625. The maximum Gasteiger partial charge on any atom is 0.179 e. The molecule has 3 rings (SSSR count). The molecule has 1 aliphatic carbocycles. The number of rotatable bonds is 3. The maximum absolute atomic E-state index is 5.82. The molecule has 2 atom stereocenters. The second-order valence-electron chi connectivity index (χ2n) is 6.10. The molecule has 1 heterocycles. The SMILES string of the molecule is COC1(OC)CC2CN(C)CC21c1ccc(C)cc1. The standard InChI is InChI=1S/C16H23NO2/c1-12-5-7-13(8-6-12)15-11-17(2)10-14(15)9-16(15,18-3)19-4/h5-8,14H,9-11H2,1-4H3. The summed E-state index contributed by atoms with van der Waals surface area (Å²) in [6.45, 7) is 4.26. The smallest absolute Gasteiger partial charge is 0.179 e. The van der Waals surface area contributed by atoms with Crippen molar-refractivity contribution in [3.05, 3.63) is 35.4 Å². The highest BCUT2D eigenvalue weighted by Gasteiger charge is 2.70. The summed E-state index contributed by atoms with van der Waals surface area (Å²) in [6, 6.07) is 8.86. The second-order valence-corrected chi connectivity index (χ2v) is 6.10. The van der Waals surface area contributed by atoms with Crippen LogP contribution in [0.25, 0.3) is 0 Å². The van der Waals surface area contributed by atoms with Crippen LogP contribution in [0.1, 0.15) is 17.5 Å². The van der Waals surface area contributed by atoms with Crippen LogP contribution in [0.2, 0.25) is 0 Å². The van der Waals surface area contributed by atoms with Gasteiger partial charge in [0.1, 0.15) is 0 Å². The van der Waals surface area contributed by atoms with Crippen molar-refractivity contribution < 1.29 is 9.47 Å². The van der Waals surface area contributed by atoms with E-state index in [1.807, 2.05) is 0 Å². The molecule has 0 amide bonds. The lowest BCUT2D eigenvalue weighted by atomic mass is 9.53. The summed E-state index contributed by atoms with van der Waals surface area (Å²) >= 11 is 0. The highest BCUT2D eigenvalue weighted by molar-refractivity contribution is 5.39. The molecule has 0 N–H and O–H groups in total. The first-order chi connectivity index (χ1) is 9.08. The van der Waals surface area contributed by atoms with E-state index in [0.29, 0.717) is 5.92 Å². The van der Waals surface area contributed by atoms with E-state index in [9.17, 15) is 0 Å². The van der Waals surface area contributed by atoms with E-state index in [1.54, 1.807) is 14.2 Å². The van der Waals surface area contributed by atoms with E-state index in [2.05, 4.69) is 43.1 Å². The Morgan fingerprint density at radius 2 is 1.79 bits per heavy atom. The molecule has 104 valence electrons. The van der Waals surface area contributed by atoms with Gasteiger partial charge in [-0.3, -0.25) is 0 Å². The van der Waals surface area contributed by atoms with Gasteiger partial charge in [-0.15, -0.1) is 0 Å². The number of methoxy groups -OCH3 is 2. The van der Waals surface area contributed by atoms with E-state index < -0.39 is 5.79 Å². The van der Waals surface area contributed by atoms with Crippen molar-refractivity contribution in [2.75, 3.05) is 34.4 Å². The fourth-order valence-electron chi connectivity index (χ4n) is 4.21. The Hall–Kier alpha value is -0.900. The number of ether oxygens (including phenoxy) is 2. The molecular weight excluding hydrogens is 238 g/mol. The molecule has 2 aliphatic rings. The Morgan fingerprint density at radius 3 is 2.32 bits per heavy atom. The van der Waals surface area contributed by atoms with Crippen LogP contribution in [0.3, 0.4) is 0 Å². The summed E-state index contributed by atoms with van der Waals surface area (Å²) in [5, 5.41) is 0. The van der Waals surface area contributed by atoms with E-state index in [0.717, 1.165) is 19.5 Å². The second kappa shape index (κ2) is 4.30. The van der Waals surface area contributed by atoms with Gasteiger partial charge in [-0.25, -0.2) is 0 Å². The van der Waals surface area contributed by atoms with E-state index >= 15 is 0 Å². The van der Waals surface area contributed by atoms with Crippen LogP contribution in [0.4, 0.5) is 0 Å². The topological polar surface area (TPSA) is 21.7 Å². The molecule has 0 aromatic heterocycles. The Kier molecular flexibility index (Phi) is 2.97.